The number of ketones is 2. The molecule has 0 aromatic heterocycles. The molecule has 0 aromatic carbocycles. The predicted octanol–water partition coefficient (Wildman–Crippen LogP) is -0.0743. The fourth-order valence-corrected chi connectivity index (χ4v) is 2.64. The van der Waals surface area contributed by atoms with Crippen LogP contribution < -0.4 is 0 Å². The fraction of sp³-hybridized carbons (Fsp3) is 0.200. The molecule has 5 nitrogen and oxygen atoms in total. The smallest absolute Gasteiger partial charge is 0.223 e. The van der Waals surface area contributed by atoms with E-state index in [1.165, 1.54) is 12.2 Å². The fourth-order valence-electron chi connectivity index (χ4n) is 1.83. The molecule has 0 fully saturated rings. The van der Waals surface area contributed by atoms with Gasteiger partial charge in [-0.25, -0.2) is 8.42 Å². The van der Waals surface area contributed by atoms with Gasteiger partial charge in [-0.2, -0.15) is 0 Å². The molecule has 0 aromatic rings. The number of fused-ring (bicyclic) bond motifs is 1. The minimum Gasteiger partial charge on any atom is -0.744 e. The van der Waals surface area contributed by atoms with Crippen LogP contribution in [0.3, 0.4) is 0 Å². The standard InChI is InChI=1S/C10H8O5S/c11-8-5-9(16(13,14)15)6-3-1-2-4-7(6)10(8)12/h1-7H,(H,13,14,15)/p-1/t6-,7-/m1/s1. The van der Waals surface area contributed by atoms with E-state index < -0.39 is 38.4 Å². The summed E-state index contributed by atoms with van der Waals surface area (Å²) in [5.74, 6) is -3.31. The molecule has 0 saturated heterocycles. The van der Waals surface area contributed by atoms with Crippen LogP contribution in [0.25, 0.3) is 0 Å². The maximum Gasteiger partial charge on any atom is 0.223 e. The molecule has 2 rings (SSSR count). The zero-order valence-corrected chi connectivity index (χ0v) is 8.81. The maximum atomic E-state index is 11.5. The minimum atomic E-state index is -4.70. The van der Waals surface area contributed by atoms with E-state index in [-0.39, 0.29) is 0 Å². The third kappa shape index (κ3) is 1.66. The second-order valence-electron chi connectivity index (χ2n) is 3.55. The lowest BCUT2D eigenvalue weighted by atomic mass is 9.80. The third-order valence-corrected chi connectivity index (χ3v) is 3.54. The van der Waals surface area contributed by atoms with E-state index in [9.17, 15) is 22.6 Å². The van der Waals surface area contributed by atoms with Crippen LogP contribution in [0.15, 0.2) is 35.3 Å². The largest absolute Gasteiger partial charge is 0.744 e. The van der Waals surface area contributed by atoms with Crippen molar-refractivity contribution in [3.05, 3.63) is 35.3 Å². The van der Waals surface area contributed by atoms with Gasteiger partial charge in [0.15, 0.2) is 0 Å². The Labute approximate surface area is 91.9 Å². The summed E-state index contributed by atoms with van der Waals surface area (Å²) in [5.41, 5.74) is 0. The van der Waals surface area contributed by atoms with Gasteiger partial charge in [0.25, 0.3) is 0 Å². The van der Waals surface area contributed by atoms with E-state index in [2.05, 4.69) is 0 Å². The van der Waals surface area contributed by atoms with Crippen LogP contribution in [0.1, 0.15) is 0 Å². The average molecular weight is 239 g/mol. The van der Waals surface area contributed by atoms with Crippen molar-refractivity contribution < 1.29 is 22.6 Å². The lowest BCUT2D eigenvalue weighted by molar-refractivity contribution is -0.136. The van der Waals surface area contributed by atoms with Gasteiger partial charge in [-0.15, -0.1) is 0 Å². The molecule has 0 saturated carbocycles. The quantitative estimate of drug-likeness (QED) is 0.471. The van der Waals surface area contributed by atoms with Crippen LogP contribution >= 0.6 is 0 Å². The molecular weight excluding hydrogens is 232 g/mol. The highest BCUT2D eigenvalue weighted by Crippen LogP contribution is 2.33. The molecule has 0 radical (unpaired) electrons. The van der Waals surface area contributed by atoms with Crippen molar-refractivity contribution in [3.63, 3.8) is 0 Å². The Balaban J connectivity index is 2.59. The van der Waals surface area contributed by atoms with Crippen LogP contribution in [0.4, 0.5) is 0 Å². The lowest BCUT2D eigenvalue weighted by Gasteiger charge is -2.29. The first kappa shape index (κ1) is 11.0. The highest BCUT2D eigenvalue weighted by Gasteiger charge is 2.38. The molecular formula is C10H7O5S-. The van der Waals surface area contributed by atoms with E-state index in [0.717, 1.165) is 0 Å². The zero-order valence-electron chi connectivity index (χ0n) is 7.99. The van der Waals surface area contributed by atoms with E-state index in [1.807, 2.05) is 0 Å². The predicted molar refractivity (Wildman–Crippen MR) is 53.1 cm³/mol. The minimum absolute atomic E-state index is 0.525. The monoisotopic (exact) mass is 239 g/mol. The molecule has 0 amide bonds. The normalized spacial score (nSPS) is 28.9. The first-order chi connectivity index (χ1) is 7.41. The Kier molecular flexibility index (Phi) is 2.40. The van der Waals surface area contributed by atoms with Crippen molar-refractivity contribution in [1.29, 1.82) is 0 Å². The van der Waals surface area contributed by atoms with Crippen molar-refractivity contribution >= 4 is 21.7 Å². The summed E-state index contributed by atoms with van der Waals surface area (Å²) in [6.07, 6.45) is 6.60. The van der Waals surface area contributed by atoms with Gasteiger partial charge in [-0.1, -0.05) is 24.3 Å². The molecule has 0 heterocycles. The Morgan fingerprint density at radius 3 is 2.19 bits per heavy atom. The summed E-state index contributed by atoms with van der Waals surface area (Å²) in [6.45, 7) is 0. The summed E-state index contributed by atoms with van der Waals surface area (Å²) >= 11 is 0. The molecule has 0 aliphatic heterocycles. The Hall–Kier alpha value is -1.53. The number of hydrogen-bond donors (Lipinski definition) is 0. The van der Waals surface area contributed by atoms with Crippen molar-refractivity contribution in [2.75, 3.05) is 0 Å². The molecule has 2 atom stereocenters. The van der Waals surface area contributed by atoms with Crippen LogP contribution in [0.5, 0.6) is 0 Å². The highest BCUT2D eigenvalue weighted by atomic mass is 32.2. The number of carbonyl (C=O) groups excluding carboxylic acids is 2. The van der Waals surface area contributed by atoms with E-state index in [1.54, 1.807) is 12.2 Å². The topological polar surface area (TPSA) is 91.3 Å². The number of rotatable bonds is 1. The summed E-state index contributed by atoms with van der Waals surface area (Å²) in [6, 6.07) is 0. The molecule has 6 heteroatoms. The third-order valence-electron chi connectivity index (χ3n) is 2.57. The lowest BCUT2D eigenvalue weighted by Crippen LogP contribution is -2.35. The second kappa shape index (κ2) is 3.50. The number of Topliss-reactive ketones (excluding diaryl/α,β-unsaturated/α-hetero) is 1. The van der Waals surface area contributed by atoms with Crippen molar-refractivity contribution in [1.82, 2.24) is 0 Å². The molecule has 0 unspecified atom stereocenters. The number of allylic oxidation sites excluding steroid dienone is 6. The Morgan fingerprint density at radius 2 is 1.62 bits per heavy atom. The van der Waals surface area contributed by atoms with Gasteiger partial charge in [0.05, 0.1) is 5.92 Å². The molecule has 2 aliphatic rings. The summed E-state index contributed by atoms with van der Waals surface area (Å²) < 4.78 is 32.8. The average Bonchev–Trinajstić information content (AvgIpc) is 2.22. The van der Waals surface area contributed by atoms with Gasteiger partial charge in [0.2, 0.25) is 11.6 Å². The van der Waals surface area contributed by atoms with Gasteiger partial charge >= 0.3 is 0 Å². The number of carbonyl (C=O) groups is 2. The van der Waals surface area contributed by atoms with Crippen LogP contribution in [-0.2, 0) is 19.7 Å². The summed E-state index contributed by atoms with van der Waals surface area (Å²) in [5, 5.41) is 0. The molecule has 16 heavy (non-hydrogen) atoms. The van der Waals surface area contributed by atoms with E-state index in [0.29, 0.717) is 6.08 Å². The number of hydrogen-bond acceptors (Lipinski definition) is 5. The Morgan fingerprint density at radius 1 is 1.06 bits per heavy atom. The van der Waals surface area contributed by atoms with Crippen molar-refractivity contribution in [2.45, 2.75) is 0 Å². The summed E-state index contributed by atoms with van der Waals surface area (Å²) in [4.78, 5) is 22.1. The zero-order chi connectivity index (χ0) is 11.9. The van der Waals surface area contributed by atoms with Gasteiger partial charge in [0.1, 0.15) is 10.1 Å². The molecule has 0 bridgehead atoms. The van der Waals surface area contributed by atoms with Crippen LogP contribution in [-0.4, -0.2) is 24.5 Å². The maximum absolute atomic E-state index is 11.5. The van der Waals surface area contributed by atoms with Crippen molar-refractivity contribution in [3.8, 4) is 0 Å². The van der Waals surface area contributed by atoms with Gasteiger partial charge < -0.3 is 4.55 Å². The molecule has 84 valence electrons. The van der Waals surface area contributed by atoms with Crippen molar-refractivity contribution in [2.24, 2.45) is 11.8 Å². The van der Waals surface area contributed by atoms with Gasteiger partial charge in [-0.3, -0.25) is 9.59 Å². The van der Waals surface area contributed by atoms with Crippen LogP contribution in [0, 0.1) is 11.8 Å². The SMILES string of the molecule is O=C1C=C(S(=O)(=O)[O-])[C@@H]2C=CC=C[C@H]2C1=O. The first-order valence-corrected chi connectivity index (χ1v) is 5.93. The van der Waals surface area contributed by atoms with Gasteiger partial charge in [-0.05, 0) is 0 Å². The van der Waals surface area contributed by atoms with E-state index in [4.69, 9.17) is 0 Å². The second-order valence-corrected chi connectivity index (χ2v) is 4.93. The highest BCUT2D eigenvalue weighted by molar-refractivity contribution is 7.89. The summed E-state index contributed by atoms with van der Waals surface area (Å²) in [7, 11) is -4.70. The Bertz CT molecular complexity index is 550. The van der Waals surface area contributed by atoms with Crippen LogP contribution in [0.2, 0.25) is 0 Å². The molecule has 0 spiro atoms. The molecule has 2 aliphatic carbocycles. The first-order valence-electron chi connectivity index (χ1n) is 4.52. The molecule has 0 N–H and O–H groups in total. The van der Waals surface area contributed by atoms with E-state index >= 15 is 0 Å². The van der Waals surface area contributed by atoms with Gasteiger partial charge in [0, 0.05) is 16.9 Å².